The number of hydrogen-bond acceptors (Lipinski definition) is 4. The quantitative estimate of drug-likeness (QED) is 0.522. The number of nitrogens with zero attached hydrogens (tertiary/aromatic N) is 2. The molecular weight excluding hydrogens is 176 g/mol. The highest BCUT2D eigenvalue weighted by molar-refractivity contribution is 5.23. The van der Waals surface area contributed by atoms with Crippen LogP contribution < -0.4 is 11.5 Å². The van der Waals surface area contributed by atoms with E-state index in [4.69, 9.17) is 11.5 Å². The van der Waals surface area contributed by atoms with E-state index in [0.717, 1.165) is 32.8 Å². The molecule has 4 heteroatoms. The molecule has 0 aromatic rings. The summed E-state index contributed by atoms with van der Waals surface area (Å²) >= 11 is 0. The van der Waals surface area contributed by atoms with Crippen molar-refractivity contribution in [2.75, 3.05) is 32.8 Å². The van der Waals surface area contributed by atoms with Gasteiger partial charge in [0.05, 0.1) is 6.67 Å². The molecule has 4 nitrogen and oxygen atoms in total. The number of hydrogen-bond donors (Lipinski definition) is 2. The maximum Gasteiger partial charge on any atom is 0.0509 e. The Bertz CT molecular complexity index is 248. The Morgan fingerprint density at radius 1 is 0.857 bits per heavy atom. The molecule has 4 fully saturated rings. The maximum absolute atomic E-state index is 6.52. The van der Waals surface area contributed by atoms with Crippen LogP contribution in [-0.2, 0) is 0 Å². The van der Waals surface area contributed by atoms with Crippen LogP contribution in [0.15, 0.2) is 0 Å². The van der Waals surface area contributed by atoms with Gasteiger partial charge in [-0.15, -0.1) is 0 Å². The van der Waals surface area contributed by atoms with Gasteiger partial charge >= 0.3 is 0 Å². The van der Waals surface area contributed by atoms with E-state index in [-0.39, 0.29) is 16.5 Å². The van der Waals surface area contributed by atoms with E-state index in [9.17, 15) is 0 Å². The monoisotopic (exact) mass is 196 g/mol. The lowest BCUT2D eigenvalue weighted by Crippen LogP contribution is -2.89. The molecule has 4 rings (SSSR count). The average Bonchev–Trinajstić information content (AvgIpc) is 1.98. The van der Waals surface area contributed by atoms with Crippen molar-refractivity contribution < 1.29 is 0 Å². The summed E-state index contributed by atoms with van der Waals surface area (Å²) in [6.45, 7) is 9.59. The van der Waals surface area contributed by atoms with Gasteiger partial charge in [0.1, 0.15) is 0 Å². The Balaban J connectivity index is 2.10. The first-order valence-electron chi connectivity index (χ1n) is 5.39. The predicted molar refractivity (Wildman–Crippen MR) is 55.6 cm³/mol. The lowest BCUT2D eigenvalue weighted by molar-refractivity contribution is -0.169. The molecule has 0 amide bonds. The van der Waals surface area contributed by atoms with Crippen LogP contribution in [0.25, 0.3) is 0 Å². The first kappa shape index (κ1) is 9.09. The van der Waals surface area contributed by atoms with Gasteiger partial charge in [0.25, 0.3) is 0 Å². The van der Waals surface area contributed by atoms with E-state index in [1.165, 1.54) is 0 Å². The fraction of sp³-hybridized carbons (Fsp3) is 1.00. The van der Waals surface area contributed by atoms with Crippen molar-refractivity contribution in [1.29, 1.82) is 0 Å². The summed E-state index contributed by atoms with van der Waals surface area (Å²) in [5.41, 5.74) is 12.9. The van der Waals surface area contributed by atoms with Crippen LogP contribution in [0.2, 0.25) is 0 Å². The van der Waals surface area contributed by atoms with Crippen molar-refractivity contribution >= 4 is 0 Å². The fourth-order valence-electron chi connectivity index (χ4n) is 3.58. The molecule has 0 unspecified atom stereocenters. The lowest BCUT2D eigenvalue weighted by Gasteiger charge is -2.70. The van der Waals surface area contributed by atoms with Crippen LogP contribution in [0.4, 0.5) is 0 Å². The molecule has 4 aliphatic heterocycles. The summed E-state index contributed by atoms with van der Waals surface area (Å²) in [5, 5.41) is 0. The van der Waals surface area contributed by atoms with E-state index in [1.54, 1.807) is 0 Å². The third-order valence-electron chi connectivity index (χ3n) is 4.91. The minimum Gasteiger partial charge on any atom is -0.322 e. The molecule has 0 saturated carbocycles. The number of piperidine rings is 2. The lowest BCUT2D eigenvalue weighted by atomic mass is 9.54. The molecule has 80 valence electrons. The Labute approximate surface area is 85.2 Å². The third-order valence-corrected chi connectivity index (χ3v) is 4.91. The van der Waals surface area contributed by atoms with Crippen molar-refractivity contribution in [2.45, 2.75) is 24.9 Å². The van der Waals surface area contributed by atoms with E-state index in [1.807, 2.05) is 0 Å². The zero-order valence-corrected chi connectivity index (χ0v) is 9.08. The van der Waals surface area contributed by atoms with Gasteiger partial charge in [-0.1, -0.05) is 13.8 Å². The van der Waals surface area contributed by atoms with Gasteiger partial charge in [-0.3, -0.25) is 9.80 Å². The summed E-state index contributed by atoms with van der Waals surface area (Å²) in [5.74, 6) is 0. The average molecular weight is 196 g/mol. The van der Waals surface area contributed by atoms with Crippen LogP contribution in [0, 0.1) is 5.41 Å². The minimum absolute atomic E-state index is 0.0490. The minimum atomic E-state index is -0.115. The van der Waals surface area contributed by atoms with Crippen molar-refractivity contribution in [1.82, 2.24) is 9.80 Å². The second-order valence-electron chi connectivity index (χ2n) is 6.05. The van der Waals surface area contributed by atoms with Crippen LogP contribution in [0.5, 0.6) is 0 Å². The Morgan fingerprint density at radius 2 is 1.21 bits per heavy atom. The molecule has 4 saturated heterocycles. The van der Waals surface area contributed by atoms with E-state index < -0.39 is 0 Å². The van der Waals surface area contributed by atoms with E-state index >= 15 is 0 Å². The van der Waals surface area contributed by atoms with Gasteiger partial charge in [-0.05, 0) is 0 Å². The molecule has 4 heterocycles. The summed E-state index contributed by atoms with van der Waals surface area (Å²) < 4.78 is 0. The normalized spacial score (nSPS) is 59.1. The molecule has 4 bridgehead atoms. The number of nitrogens with two attached hydrogens (primary N) is 2. The first-order chi connectivity index (χ1) is 6.36. The summed E-state index contributed by atoms with van der Waals surface area (Å²) in [7, 11) is 0. The largest absolute Gasteiger partial charge is 0.322 e. The van der Waals surface area contributed by atoms with Crippen LogP contribution in [0.3, 0.4) is 0 Å². The Kier molecular flexibility index (Phi) is 1.41. The fourth-order valence-corrected chi connectivity index (χ4v) is 3.58. The predicted octanol–water partition coefficient (Wildman–Crippen LogP) is -0.990. The number of rotatable bonds is 0. The van der Waals surface area contributed by atoms with Crippen molar-refractivity contribution in [3.05, 3.63) is 0 Å². The smallest absolute Gasteiger partial charge is 0.0509 e. The Hall–Kier alpha value is -0.160. The van der Waals surface area contributed by atoms with Crippen molar-refractivity contribution in [2.24, 2.45) is 16.9 Å². The SMILES string of the molecule is CC1(C)C2(N)CN3CN(C2)CC1(N)C3. The van der Waals surface area contributed by atoms with Gasteiger partial charge in [0, 0.05) is 42.7 Å². The molecule has 0 radical (unpaired) electrons. The van der Waals surface area contributed by atoms with Gasteiger partial charge in [-0.2, -0.15) is 0 Å². The van der Waals surface area contributed by atoms with E-state index in [0.29, 0.717) is 0 Å². The first-order valence-corrected chi connectivity index (χ1v) is 5.39. The van der Waals surface area contributed by atoms with Gasteiger partial charge in [-0.25, -0.2) is 0 Å². The Morgan fingerprint density at radius 3 is 1.57 bits per heavy atom. The molecule has 0 spiro atoms. The molecule has 0 aromatic carbocycles. The second kappa shape index (κ2) is 2.16. The highest BCUT2D eigenvalue weighted by Gasteiger charge is 2.64. The molecule has 0 atom stereocenters. The molecule has 0 aliphatic carbocycles. The highest BCUT2D eigenvalue weighted by Crippen LogP contribution is 2.49. The third kappa shape index (κ3) is 0.795. The van der Waals surface area contributed by atoms with Crippen LogP contribution >= 0.6 is 0 Å². The second-order valence-corrected chi connectivity index (χ2v) is 6.05. The van der Waals surface area contributed by atoms with Crippen molar-refractivity contribution in [3.8, 4) is 0 Å². The van der Waals surface area contributed by atoms with Crippen LogP contribution in [0.1, 0.15) is 13.8 Å². The van der Waals surface area contributed by atoms with Gasteiger partial charge in [0.2, 0.25) is 0 Å². The zero-order chi connectivity index (χ0) is 10.2. The van der Waals surface area contributed by atoms with Gasteiger partial charge < -0.3 is 11.5 Å². The van der Waals surface area contributed by atoms with Crippen molar-refractivity contribution in [3.63, 3.8) is 0 Å². The molecule has 4 aliphatic rings. The van der Waals surface area contributed by atoms with Crippen LogP contribution in [-0.4, -0.2) is 53.7 Å². The summed E-state index contributed by atoms with van der Waals surface area (Å²) in [6, 6.07) is 0. The molecule has 0 aromatic heterocycles. The summed E-state index contributed by atoms with van der Waals surface area (Å²) in [6.07, 6.45) is 0. The highest BCUT2D eigenvalue weighted by atomic mass is 15.4. The molecular formula is C10H20N4. The topological polar surface area (TPSA) is 58.5 Å². The molecule has 4 N–H and O–H groups in total. The van der Waals surface area contributed by atoms with Gasteiger partial charge in [0.15, 0.2) is 0 Å². The standard InChI is InChI=1S/C10H20N4/c1-8(2)9(11)3-13-5-10(8,12)6-14(4-9)7-13/h3-7,11-12H2,1-2H3. The summed E-state index contributed by atoms with van der Waals surface area (Å²) in [4.78, 5) is 4.80. The molecule has 14 heavy (non-hydrogen) atoms. The zero-order valence-electron chi connectivity index (χ0n) is 9.08. The van der Waals surface area contributed by atoms with E-state index in [2.05, 4.69) is 23.6 Å². The maximum atomic E-state index is 6.52.